The lowest BCUT2D eigenvalue weighted by Crippen LogP contribution is -2.24. The highest BCUT2D eigenvalue weighted by molar-refractivity contribution is 5.91. The summed E-state index contributed by atoms with van der Waals surface area (Å²) in [6.07, 6.45) is 0.370. The van der Waals surface area contributed by atoms with E-state index >= 15 is 0 Å². The zero-order chi connectivity index (χ0) is 22.9. The number of ether oxygens (including phenoxy) is 3. The van der Waals surface area contributed by atoms with Gasteiger partial charge in [0.1, 0.15) is 0 Å². The fraction of sp³-hybridized carbons (Fsp3) is 0.269. The smallest absolute Gasteiger partial charge is 0.225 e. The quantitative estimate of drug-likeness (QED) is 0.495. The number of rotatable bonds is 10. The first-order valence-corrected chi connectivity index (χ1v) is 10.5. The lowest BCUT2D eigenvalue weighted by atomic mass is 10.0. The lowest BCUT2D eigenvalue weighted by Gasteiger charge is -2.17. The fourth-order valence-electron chi connectivity index (χ4n) is 3.49. The molecule has 3 aromatic carbocycles. The zero-order valence-electron chi connectivity index (χ0n) is 19.1. The van der Waals surface area contributed by atoms with Crippen molar-refractivity contribution in [1.82, 2.24) is 4.90 Å². The number of methoxy groups -OCH3 is 3. The van der Waals surface area contributed by atoms with Crippen LogP contribution in [0.5, 0.6) is 17.2 Å². The molecular formula is C26H30N2O4. The Balaban J connectivity index is 1.53. The van der Waals surface area contributed by atoms with Crippen LogP contribution in [0.15, 0.2) is 66.7 Å². The predicted molar refractivity (Wildman–Crippen MR) is 128 cm³/mol. The third-order valence-electron chi connectivity index (χ3n) is 5.18. The Morgan fingerprint density at radius 1 is 0.844 bits per heavy atom. The molecule has 0 unspecified atom stereocenters. The minimum absolute atomic E-state index is 0.0782. The average Bonchev–Trinajstić information content (AvgIpc) is 2.83. The Bertz CT molecular complexity index is 995. The van der Waals surface area contributed by atoms with Crippen molar-refractivity contribution in [3.63, 3.8) is 0 Å². The minimum atomic E-state index is -0.0782. The maximum atomic E-state index is 12.5. The molecule has 6 heteroatoms. The summed E-state index contributed by atoms with van der Waals surface area (Å²) in [5.74, 6) is 1.41. The van der Waals surface area contributed by atoms with Crippen molar-refractivity contribution in [3.8, 4) is 28.4 Å². The van der Waals surface area contributed by atoms with E-state index in [4.69, 9.17) is 14.2 Å². The van der Waals surface area contributed by atoms with Gasteiger partial charge in [0.2, 0.25) is 11.7 Å². The van der Waals surface area contributed by atoms with Crippen LogP contribution in [0.2, 0.25) is 0 Å². The maximum absolute atomic E-state index is 12.5. The average molecular weight is 435 g/mol. The highest BCUT2D eigenvalue weighted by Crippen LogP contribution is 2.39. The van der Waals surface area contributed by atoms with Crippen LogP contribution >= 0.6 is 0 Å². The number of anilines is 1. The number of carbonyl (C=O) groups is 1. The van der Waals surface area contributed by atoms with E-state index in [1.165, 1.54) is 16.7 Å². The number of carbonyl (C=O) groups excluding carboxylic acids is 1. The van der Waals surface area contributed by atoms with E-state index in [0.29, 0.717) is 35.9 Å². The molecule has 0 spiro atoms. The Hall–Kier alpha value is -3.51. The predicted octanol–water partition coefficient (Wildman–Crippen LogP) is 4.84. The van der Waals surface area contributed by atoms with Crippen molar-refractivity contribution in [2.24, 2.45) is 0 Å². The van der Waals surface area contributed by atoms with E-state index in [0.717, 1.165) is 6.54 Å². The summed E-state index contributed by atoms with van der Waals surface area (Å²) in [5.41, 5.74) is 4.21. The summed E-state index contributed by atoms with van der Waals surface area (Å²) in [6.45, 7) is 1.41. The Kier molecular flexibility index (Phi) is 8.11. The van der Waals surface area contributed by atoms with Crippen LogP contribution in [0, 0.1) is 0 Å². The number of hydrogen-bond donors (Lipinski definition) is 1. The molecule has 0 bridgehead atoms. The van der Waals surface area contributed by atoms with Crippen LogP contribution in [0.25, 0.3) is 11.1 Å². The van der Waals surface area contributed by atoms with Gasteiger partial charge in [-0.3, -0.25) is 4.79 Å². The van der Waals surface area contributed by atoms with Crippen LogP contribution in [0.4, 0.5) is 5.69 Å². The maximum Gasteiger partial charge on any atom is 0.225 e. The first-order valence-electron chi connectivity index (χ1n) is 10.5. The number of nitrogens with zero attached hydrogens (tertiary/aromatic N) is 1. The van der Waals surface area contributed by atoms with Gasteiger partial charge in [-0.2, -0.15) is 0 Å². The fourth-order valence-corrected chi connectivity index (χ4v) is 3.49. The second-order valence-corrected chi connectivity index (χ2v) is 7.51. The molecule has 0 saturated carbocycles. The molecule has 1 N–H and O–H groups in total. The molecule has 0 radical (unpaired) electrons. The van der Waals surface area contributed by atoms with Gasteiger partial charge in [-0.25, -0.2) is 0 Å². The third-order valence-corrected chi connectivity index (χ3v) is 5.18. The Morgan fingerprint density at radius 3 is 2.00 bits per heavy atom. The normalized spacial score (nSPS) is 10.7. The molecule has 0 aliphatic heterocycles. The molecule has 168 valence electrons. The second-order valence-electron chi connectivity index (χ2n) is 7.51. The van der Waals surface area contributed by atoms with E-state index < -0.39 is 0 Å². The highest BCUT2D eigenvalue weighted by Gasteiger charge is 2.15. The Labute approximate surface area is 189 Å². The highest BCUT2D eigenvalue weighted by atomic mass is 16.5. The van der Waals surface area contributed by atoms with Gasteiger partial charge in [-0.15, -0.1) is 0 Å². The van der Waals surface area contributed by atoms with Crippen molar-refractivity contribution in [2.75, 3.05) is 40.2 Å². The molecule has 1 amide bonds. The second kappa shape index (κ2) is 11.2. The summed E-state index contributed by atoms with van der Waals surface area (Å²) >= 11 is 0. The summed E-state index contributed by atoms with van der Waals surface area (Å²) in [4.78, 5) is 14.6. The minimum Gasteiger partial charge on any atom is -0.493 e. The zero-order valence-corrected chi connectivity index (χ0v) is 19.1. The molecule has 0 heterocycles. The molecule has 0 fully saturated rings. The molecule has 0 aliphatic carbocycles. The summed E-state index contributed by atoms with van der Waals surface area (Å²) < 4.78 is 16.0. The van der Waals surface area contributed by atoms with Gasteiger partial charge in [0.15, 0.2) is 11.5 Å². The van der Waals surface area contributed by atoms with E-state index in [-0.39, 0.29) is 5.91 Å². The van der Waals surface area contributed by atoms with E-state index in [2.05, 4.69) is 46.6 Å². The van der Waals surface area contributed by atoms with Crippen molar-refractivity contribution < 1.29 is 19.0 Å². The van der Waals surface area contributed by atoms with Gasteiger partial charge in [0.05, 0.1) is 21.3 Å². The largest absolute Gasteiger partial charge is 0.493 e. The number of nitrogens with one attached hydrogen (secondary N) is 1. The van der Waals surface area contributed by atoms with E-state index in [9.17, 15) is 4.79 Å². The van der Waals surface area contributed by atoms with Gasteiger partial charge in [-0.1, -0.05) is 54.6 Å². The van der Waals surface area contributed by atoms with Gasteiger partial charge in [0, 0.05) is 37.3 Å². The monoisotopic (exact) mass is 434 g/mol. The number of hydrogen-bond acceptors (Lipinski definition) is 5. The molecule has 3 rings (SSSR count). The van der Waals surface area contributed by atoms with E-state index in [1.54, 1.807) is 33.5 Å². The van der Waals surface area contributed by atoms with Crippen LogP contribution in [-0.2, 0) is 11.3 Å². The lowest BCUT2D eigenvalue weighted by molar-refractivity contribution is -0.116. The van der Waals surface area contributed by atoms with Gasteiger partial charge in [-0.05, 0) is 23.7 Å². The first-order chi connectivity index (χ1) is 15.5. The molecule has 32 heavy (non-hydrogen) atoms. The Morgan fingerprint density at radius 2 is 1.44 bits per heavy atom. The van der Waals surface area contributed by atoms with Crippen molar-refractivity contribution in [3.05, 3.63) is 72.3 Å². The summed E-state index contributed by atoms with van der Waals surface area (Å²) in [6, 6.07) is 22.3. The van der Waals surface area contributed by atoms with E-state index in [1.807, 2.05) is 25.2 Å². The van der Waals surface area contributed by atoms with Gasteiger partial charge >= 0.3 is 0 Å². The summed E-state index contributed by atoms with van der Waals surface area (Å²) in [5, 5.41) is 2.91. The van der Waals surface area contributed by atoms with Crippen LogP contribution in [-0.4, -0.2) is 45.7 Å². The number of amides is 1. The molecule has 3 aromatic rings. The number of benzene rings is 3. The SMILES string of the molecule is COc1cc(NC(=O)CCN(C)Cc2ccc(-c3ccccc3)cc2)cc(OC)c1OC. The molecule has 0 aromatic heterocycles. The molecule has 0 aliphatic rings. The first kappa shape index (κ1) is 23.2. The van der Waals surface area contributed by atoms with Crippen molar-refractivity contribution >= 4 is 11.6 Å². The van der Waals surface area contributed by atoms with Gasteiger partial charge < -0.3 is 24.4 Å². The molecular weight excluding hydrogens is 404 g/mol. The van der Waals surface area contributed by atoms with Crippen molar-refractivity contribution in [1.29, 1.82) is 0 Å². The van der Waals surface area contributed by atoms with Crippen molar-refractivity contribution in [2.45, 2.75) is 13.0 Å². The third kappa shape index (κ3) is 6.02. The molecule has 0 atom stereocenters. The molecule has 6 nitrogen and oxygen atoms in total. The topological polar surface area (TPSA) is 60.0 Å². The summed E-state index contributed by atoms with van der Waals surface area (Å²) in [7, 11) is 6.65. The van der Waals surface area contributed by atoms with Crippen LogP contribution in [0.3, 0.4) is 0 Å². The van der Waals surface area contributed by atoms with Gasteiger partial charge in [0.25, 0.3) is 0 Å². The van der Waals surface area contributed by atoms with Crippen LogP contribution < -0.4 is 19.5 Å². The standard InChI is InChI=1S/C26H30N2O4/c1-28(18-19-10-12-21(13-11-19)20-8-6-5-7-9-20)15-14-25(29)27-22-16-23(30-2)26(32-4)24(17-22)31-3/h5-13,16-17H,14-15,18H2,1-4H3,(H,27,29). The van der Waals surface area contributed by atoms with Crippen LogP contribution in [0.1, 0.15) is 12.0 Å². The molecule has 0 saturated heterocycles.